The van der Waals surface area contributed by atoms with Gasteiger partial charge in [0, 0.05) is 6.54 Å². The van der Waals surface area contributed by atoms with Crippen molar-refractivity contribution in [2.24, 2.45) is 11.7 Å². The van der Waals surface area contributed by atoms with Crippen molar-refractivity contribution in [3.05, 3.63) is 0 Å². The quantitative estimate of drug-likeness (QED) is 0.767. The van der Waals surface area contributed by atoms with Gasteiger partial charge in [-0.1, -0.05) is 38.5 Å². The molecule has 0 radical (unpaired) electrons. The predicted octanol–water partition coefficient (Wildman–Crippen LogP) is 1.95. The fourth-order valence-electron chi connectivity index (χ4n) is 2.76. The van der Waals surface area contributed by atoms with Gasteiger partial charge in [-0.3, -0.25) is 4.79 Å². The highest BCUT2D eigenvalue weighted by atomic mass is 16.2. The molecule has 3 N–H and O–H groups in total. The Labute approximate surface area is 98.2 Å². The number of nitrogens with two attached hydrogens (primary N) is 1. The number of amides is 1. The predicted molar refractivity (Wildman–Crippen MR) is 65.0 cm³/mol. The van der Waals surface area contributed by atoms with Gasteiger partial charge in [-0.25, -0.2) is 0 Å². The van der Waals surface area contributed by atoms with Crippen LogP contribution in [0.5, 0.6) is 0 Å². The summed E-state index contributed by atoms with van der Waals surface area (Å²) < 4.78 is 0. The standard InChI is InChI=1S/C13H24N2O/c14-13(8-2-1-3-9-13)12(16)15-10-7-11-5-4-6-11/h11H,1-10,14H2,(H,15,16). The molecule has 0 aliphatic heterocycles. The molecule has 2 aliphatic carbocycles. The van der Waals surface area contributed by atoms with Crippen LogP contribution in [0.15, 0.2) is 0 Å². The van der Waals surface area contributed by atoms with Crippen LogP contribution < -0.4 is 11.1 Å². The zero-order valence-electron chi connectivity index (χ0n) is 10.1. The van der Waals surface area contributed by atoms with Crippen LogP contribution in [-0.4, -0.2) is 18.0 Å². The molecule has 0 saturated heterocycles. The molecular formula is C13H24N2O. The molecule has 2 aliphatic rings. The molecule has 2 rings (SSSR count). The maximum atomic E-state index is 12.0. The molecule has 0 atom stereocenters. The fraction of sp³-hybridized carbons (Fsp3) is 0.923. The van der Waals surface area contributed by atoms with Gasteiger partial charge in [0.2, 0.25) is 5.91 Å². The molecule has 1 amide bonds. The molecule has 2 fully saturated rings. The summed E-state index contributed by atoms with van der Waals surface area (Å²) >= 11 is 0. The highest BCUT2D eigenvalue weighted by Crippen LogP contribution is 2.29. The van der Waals surface area contributed by atoms with Crippen LogP contribution in [0.25, 0.3) is 0 Å². The molecule has 3 nitrogen and oxygen atoms in total. The Bertz CT molecular complexity index is 242. The summed E-state index contributed by atoms with van der Waals surface area (Å²) in [5.41, 5.74) is 5.60. The number of hydrogen-bond acceptors (Lipinski definition) is 2. The van der Waals surface area contributed by atoms with Crippen LogP contribution in [0.3, 0.4) is 0 Å². The van der Waals surface area contributed by atoms with Gasteiger partial charge in [-0.2, -0.15) is 0 Å². The van der Waals surface area contributed by atoms with E-state index < -0.39 is 5.54 Å². The summed E-state index contributed by atoms with van der Waals surface area (Å²) in [5.74, 6) is 0.951. The van der Waals surface area contributed by atoms with Gasteiger partial charge >= 0.3 is 0 Å². The Morgan fingerprint density at radius 2 is 1.88 bits per heavy atom. The van der Waals surface area contributed by atoms with E-state index in [9.17, 15) is 4.79 Å². The lowest BCUT2D eigenvalue weighted by atomic mass is 9.81. The topological polar surface area (TPSA) is 55.1 Å². The zero-order valence-corrected chi connectivity index (χ0v) is 10.1. The first kappa shape index (κ1) is 11.9. The van der Waals surface area contributed by atoms with E-state index in [4.69, 9.17) is 5.73 Å². The normalized spacial score (nSPS) is 24.8. The molecule has 2 saturated carbocycles. The van der Waals surface area contributed by atoms with E-state index >= 15 is 0 Å². The Kier molecular flexibility index (Phi) is 3.85. The Hall–Kier alpha value is -0.570. The third-order valence-electron chi connectivity index (χ3n) is 4.26. The van der Waals surface area contributed by atoms with E-state index in [1.165, 1.54) is 25.7 Å². The summed E-state index contributed by atoms with van der Waals surface area (Å²) in [6, 6.07) is 0. The lowest BCUT2D eigenvalue weighted by Gasteiger charge is -2.32. The summed E-state index contributed by atoms with van der Waals surface area (Å²) in [6.45, 7) is 0.822. The number of rotatable bonds is 4. The average molecular weight is 224 g/mol. The SMILES string of the molecule is NC1(C(=O)NCCC2CCC2)CCCCC1. The Morgan fingerprint density at radius 1 is 1.19 bits per heavy atom. The second-order valence-electron chi connectivity index (χ2n) is 5.56. The minimum absolute atomic E-state index is 0.0894. The van der Waals surface area contributed by atoms with E-state index in [1.54, 1.807) is 0 Å². The maximum absolute atomic E-state index is 12.0. The van der Waals surface area contributed by atoms with Crippen molar-refractivity contribution in [3.63, 3.8) is 0 Å². The Balaban J connectivity index is 1.69. The van der Waals surface area contributed by atoms with E-state index in [-0.39, 0.29) is 5.91 Å². The fourth-order valence-corrected chi connectivity index (χ4v) is 2.76. The van der Waals surface area contributed by atoms with Gasteiger partial charge in [0.1, 0.15) is 0 Å². The lowest BCUT2D eigenvalue weighted by Crippen LogP contribution is -2.55. The van der Waals surface area contributed by atoms with Crippen LogP contribution in [0.1, 0.15) is 57.8 Å². The molecular weight excluding hydrogens is 200 g/mol. The van der Waals surface area contributed by atoms with Gasteiger partial charge in [0.15, 0.2) is 0 Å². The molecule has 0 unspecified atom stereocenters. The van der Waals surface area contributed by atoms with Crippen molar-refractivity contribution in [2.45, 2.75) is 63.3 Å². The first-order valence-corrected chi connectivity index (χ1v) is 6.78. The molecule has 0 aromatic carbocycles. The lowest BCUT2D eigenvalue weighted by molar-refractivity contribution is -0.127. The Morgan fingerprint density at radius 3 is 2.44 bits per heavy atom. The molecule has 0 spiro atoms. The van der Waals surface area contributed by atoms with E-state index in [2.05, 4.69) is 5.32 Å². The largest absolute Gasteiger partial charge is 0.354 e. The smallest absolute Gasteiger partial charge is 0.240 e. The zero-order chi connectivity index (χ0) is 11.4. The van der Waals surface area contributed by atoms with Gasteiger partial charge in [0.25, 0.3) is 0 Å². The van der Waals surface area contributed by atoms with Gasteiger partial charge in [-0.05, 0) is 25.2 Å². The number of hydrogen-bond donors (Lipinski definition) is 2. The van der Waals surface area contributed by atoms with Crippen molar-refractivity contribution in [1.29, 1.82) is 0 Å². The van der Waals surface area contributed by atoms with Gasteiger partial charge in [-0.15, -0.1) is 0 Å². The monoisotopic (exact) mass is 224 g/mol. The van der Waals surface area contributed by atoms with Crippen LogP contribution >= 0.6 is 0 Å². The number of carbonyl (C=O) groups is 1. The maximum Gasteiger partial charge on any atom is 0.240 e. The third kappa shape index (κ3) is 2.76. The second-order valence-corrected chi connectivity index (χ2v) is 5.56. The van der Waals surface area contributed by atoms with Crippen molar-refractivity contribution >= 4 is 5.91 Å². The van der Waals surface area contributed by atoms with E-state index in [0.717, 1.165) is 44.6 Å². The van der Waals surface area contributed by atoms with Crippen LogP contribution in [-0.2, 0) is 4.79 Å². The first-order valence-electron chi connectivity index (χ1n) is 6.78. The van der Waals surface area contributed by atoms with Crippen molar-refractivity contribution in [1.82, 2.24) is 5.32 Å². The average Bonchev–Trinajstić information content (AvgIpc) is 2.22. The molecule has 3 heteroatoms. The summed E-state index contributed by atoms with van der Waals surface area (Å²) in [6.07, 6.45) is 10.4. The first-order chi connectivity index (χ1) is 7.71. The second kappa shape index (κ2) is 5.17. The third-order valence-corrected chi connectivity index (χ3v) is 4.26. The number of carbonyl (C=O) groups excluding carboxylic acids is 1. The minimum Gasteiger partial charge on any atom is -0.354 e. The van der Waals surface area contributed by atoms with Crippen molar-refractivity contribution in [2.75, 3.05) is 6.54 Å². The van der Waals surface area contributed by atoms with Crippen LogP contribution in [0, 0.1) is 5.92 Å². The highest BCUT2D eigenvalue weighted by molar-refractivity contribution is 5.86. The summed E-state index contributed by atoms with van der Waals surface area (Å²) in [4.78, 5) is 12.0. The highest BCUT2D eigenvalue weighted by Gasteiger charge is 2.34. The van der Waals surface area contributed by atoms with E-state index in [0.29, 0.717) is 0 Å². The summed E-state index contributed by atoms with van der Waals surface area (Å²) in [5, 5.41) is 3.03. The van der Waals surface area contributed by atoms with Crippen LogP contribution in [0.4, 0.5) is 0 Å². The van der Waals surface area contributed by atoms with Crippen LogP contribution in [0.2, 0.25) is 0 Å². The van der Waals surface area contributed by atoms with Gasteiger partial charge < -0.3 is 11.1 Å². The molecule has 0 bridgehead atoms. The van der Waals surface area contributed by atoms with Crippen molar-refractivity contribution < 1.29 is 4.79 Å². The number of nitrogens with one attached hydrogen (secondary N) is 1. The molecule has 0 aromatic heterocycles. The van der Waals surface area contributed by atoms with Crippen molar-refractivity contribution in [3.8, 4) is 0 Å². The molecule has 0 aromatic rings. The molecule has 92 valence electrons. The van der Waals surface area contributed by atoms with E-state index in [1.807, 2.05) is 0 Å². The molecule has 0 heterocycles. The van der Waals surface area contributed by atoms with Gasteiger partial charge in [0.05, 0.1) is 5.54 Å². The summed E-state index contributed by atoms with van der Waals surface area (Å²) in [7, 11) is 0. The minimum atomic E-state index is -0.558. The molecule has 16 heavy (non-hydrogen) atoms.